The topological polar surface area (TPSA) is 96.3 Å². The number of hydrogen-bond acceptors (Lipinski definition) is 4. The number of pyridine rings is 1. The summed E-state index contributed by atoms with van der Waals surface area (Å²) >= 11 is 12.8. The molecule has 0 saturated carbocycles. The van der Waals surface area contributed by atoms with Gasteiger partial charge in [-0.3, -0.25) is 10.2 Å². The Morgan fingerprint density at radius 1 is 1.24 bits per heavy atom. The predicted octanol–water partition coefficient (Wildman–Crippen LogP) is 5.04. The maximum absolute atomic E-state index is 13.5. The SMILES string of the molecule is N=C(N)SCc1c(C(F)(F)F)nc2c(NC(=O)c3c(Cl)cccc3Cl)cccn12. The first kappa shape index (κ1) is 21.3. The van der Waals surface area contributed by atoms with Crippen LogP contribution in [0.2, 0.25) is 10.0 Å². The number of benzene rings is 1. The molecular formula is C17H12Cl2F3N5OS. The van der Waals surface area contributed by atoms with Crippen molar-refractivity contribution < 1.29 is 18.0 Å². The fraction of sp³-hybridized carbons (Fsp3) is 0.118. The van der Waals surface area contributed by atoms with Crippen molar-refractivity contribution in [3.05, 3.63) is 63.5 Å². The molecule has 2 aromatic heterocycles. The Morgan fingerprint density at radius 2 is 1.90 bits per heavy atom. The zero-order valence-corrected chi connectivity index (χ0v) is 16.7. The van der Waals surface area contributed by atoms with E-state index in [2.05, 4.69) is 10.3 Å². The van der Waals surface area contributed by atoms with Gasteiger partial charge in [-0.1, -0.05) is 41.0 Å². The smallest absolute Gasteiger partial charge is 0.379 e. The van der Waals surface area contributed by atoms with Crippen LogP contribution in [-0.4, -0.2) is 20.5 Å². The van der Waals surface area contributed by atoms with E-state index in [1.807, 2.05) is 0 Å². The number of nitrogens with one attached hydrogen (secondary N) is 2. The molecule has 152 valence electrons. The monoisotopic (exact) mass is 461 g/mol. The number of imidazole rings is 1. The molecule has 0 spiro atoms. The van der Waals surface area contributed by atoms with Crippen molar-refractivity contribution in [2.24, 2.45) is 5.73 Å². The normalized spacial score (nSPS) is 11.6. The highest BCUT2D eigenvalue weighted by Gasteiger charge is 2.38. The van der Waals surface area contributed by atoms with Crippen LogP contribution >= 0.6 is 35.0 Å². The van der Waals surface area contributed by atoms with Crippen molar-refractivity contribution in [2.75, 3.05) is 5.32 Å². The zero-order chi connectivity index (χ0) is 21.3. The van der Waals surface area contributed by atoms with Crippen LogP contribution in [0.5, 0.6) is 0 Å². The first-order valence-electron chi connectivity index (χ1n) is 7.89. The first-order chi connectivity index (χ1) is 13.6. The lowest BCUT2D eigenvalue weighted by molar-refractivity contribution is -0.141. The Labute approximate surface area is 176 Å². The van der Waals surface area contributed by atoms with Crippen molar-refractivity contribution >= 4 is 57.4 Å². The Hall–Kier alpha value is -2.43. The third kappa shape index (κ3) is 4.44. The molecule has 0 atom stereocenters. The van der Waals surface area contributed by atoms with Gasteiger partial charge in [0.1, 0.15) is 0 Å². The Bertz CT molecular complexity index is 1100. The molecule has 1 amide bonds. The molecule has 0 unspecified atom stereocenters. The van der Waals surface area contributed by atoms with E-state index >= 15 is 0 Å². The number of amidine groups is 1. The second-order valence-electron chi connectivity index (χ2n) is 5.72. The maximum atomic E-state index is 13.5. The Morgan fingerprint density at radius 3 is 2.48 bits per heavy atom. The lowest BCUT2D eigenvalue weighted by Gasteiger charge is -2.10. The average molecular weight is 462 g/mol. The van der Waals surface area contributed by atoms with Crippen LogP contribution in [0.4, 0.5) is 18.9 Å². The largest absolute Gasteiger partial charge is 0.435 e. The van der Waals surface area contributed by atoms with Gasteiger partial charge in [0, 0.05) is 11.9 Å². The average Bonchev–Trinajstić information content (AvgIpc) is 3.00. The molecule has 1 aromatic carbocycles. The van der Waals surface area contributed by atoms with E-state index in [0.717, 1.165) is 11.8 Å². The summed E-state index contributed by atoms with van der Waals surface area (Å²) in [4.78, 5) is 16.3. The maximum Gasteiger partial charge on any atom is 0.435 e. The summed E-state index contributed by atoms with van der Waals surface area (Å²) in [6.07, 6.45) is -3.35. The number of amides is 1. The molecule has 0 aliphatic rings. The van der Waals surface area contributed by atoms with Gasteiger partial charge in [-0.25, -0.2) is 4.98 Å². The molecule has 0 saturated heterocycles. The number of carbonyl (C=O) groups excluding carboxylic acids is 1. The van der Waals surface area contributed by atoms with E-state index in [1.165, 1.54) is 34.9 Å². The first-order valence-corrected chi connectivity index (χ1v) is 9.63. The molecule has 0 radical (unpaired) electrons. The van der Waals surface area contributed by atoms with Crippen LogP contribution in [0.15, 0.2) is 36.5 Å². The van der Waals surface area contributed by atoms with Gasteiger partial charge in [0.2, 0.25) is 0 Å². The molecule has 29 heavy (non-hydrogen) atoms. The summed E-state index contributed by atoms with van der Waals surface area (Å²) in [6.45, 7) is 0. The molecule has 0 fully saturated rings. The summed E-state index contributed by atoms with van der Waals surface area (Å²) in [5, 5.41) is 9.62. The van der Waals surface area contributed by atoms with Gasteiger partial charge >= 0.3 is 6.18 Å². The number of hydrogen-bond donors (Lipinski definition) is 3. The van der Waals surface area contributed by atoms with Crippen molar-refractivity contribution in [3.63, 3.8) is 0 Å². The van der Waals surface area contributed by atoms with Crippen molar-refractivity contribution in [3.8, 4) is 0 Å². The van der Waals surface area contributed by atoms with Gasteiger partial charge in [0.05, 0.1) is 27.0 Å². The fourth-order valence-electron chi connectivity index (χ4n) is 2.62. The second-order valence-corrected chi connectivity index (χ2v) is 7.56. The molecule has 6 nitrogen and oxygen atoms in total. The lowest BCUT2D eigenvalue weighted by Crippen LogP contribution is -2.14. The molecular weight excluding hydrogens is 450 g/mol. The van der Waals surface area contributed by atoms with Gasteiger partial charge in [0.25, 0.3) is 5.91 Å². The highest BCUT2D eigenvalue weighted by atomic mass is 35.5. The molecule has 0 bridgehead atoms. The molecule has 4 N–H and O–H groups in total. The lowest BCUT2D eigenvalue weighted by atomic mass is 10.2. The Balaban J connectivity index is 2.08. The van der Waals surface area contributed by atoms with Gasteiger partial charge in [-0.15, -0.1) is 0 Å². The summed E-state index contributed by atoms with van der Waals surface area (Å²) in [6, 6.07) is 7.37. The van der Waals surface area contributed by atoms with E-state index in [0.29, 0.717) is 0 Å². The molecule has 2 heterocycles. The van der Waals surface area contributed by atoms with Crippen LogP contribution in [0, 0.1) is 5.41 Å². The van der Waals surface area contributed by atoms with Crippen molar-refractivity contribution in [1.29, 1.82) is 5.41 Å². The standard InChI is InChI=1S/C17H12Cl2F3N5OS/c18-8-3-1-4-9(19)12(8)15(28)25-10-5-2-6-27-11(7-29-16(23)24)13(17(20,21)22)26-14(10)27/h1-6H,7H2,(H3,23,24)(H,25,28). The van der Waals surface area contributed by atoms with Gasteiger partial charge in [0.15, 0.2) is 16.5 Å². The van der Waals surface area contributed by atoms with E-state index < -0.39 is 17.8 Å². The summed E-state index contributed by atoms with van der Waals surface area (Å²) in [7, 11) is 0. The minimum atomic E-state index is -4.73. The number of thioether (sulfide) groups is 1. The number of nitrogens with zero attached hydrogens (tertiary/aromatic N) is 2. The number of anilines is 1. The third-order valence-electron chi connectivity index (χ3n) is 3.82. The van der Waals surface area contributed by atoms with E-state index in [9.17, 15) is 18.0 Å². The zero-order valence-electron chi connectivity index (χ0n) is 14.3. The summed E-state index contributed by atoms with van der Waals surface area (Å²) < 4.78 is 41.6. The van der Waals surface area contributed by atoms with Gasteiger partial charge in [-0.05, 0) is 24.3 Å². The molecule has 12 heteroatoms. The minimum Gasteiger partial charge on any atom is -0.379 e. The number of rotatable bonds is 4. The number of aromatic nitrogens is 2. The van der Waals surface area contributed by atoms with E-state index in [1.54, 1.807) is 6.07 Å². The van der Waals surface area contributed by atoms with Crippen LogP contribution in [0.3, 0.4) is 0 Å². The van der Waals surface area contributed by atoms with Gasteiger partial charge < -0.3 is 15.5 Å². The number of carbonyl (C=O) groups is 1. The van der Waals surface area contributed by atoms with E-state index in [4.69, 9.17) is 34.3 Å². The number of alkyl halides is 3. The molecule has 3 aromatic rings. The second kappa shape index (κ2) is 8.13. The number of nitrogens with two attached hydrogens (primary N) is 1. The van der Waals surface area contributed by atoms with Crippen LogP contribution < -0.4 is 11.1 Å². The minimum absolute atomic E-state index is 0.00667. The molecule has 3 rings (SSSR count). The third-order valence-corrected chi connectivity index (χ3v) is 5.18. The Kier molecular flexibility index (Phi) is 5.97. The quantitative estimate of drug-likeness (QED) is 0.374. The predicted molar refractivity (Wildman–Crippen MR) is 108 cm³/mol. The molecule has 0 aliphatic heterocycles. The number of fused-ring (bicyclic) bond motifs is 1. The van der Waals surface area contributed by atoms with E-state index in [-0.39, 0.29) is 43.6 Å². The summed E-state index contributed by atoms with van der Waals surface area (Å²) in [5.74, 6) is -0.913. The van der Waals surface area contributed by atoms with Gasteiger partial charge in [-0.2, -0.15) is 13.2 Å². The highest BCUT2D eigenvalue weighted by molar-refractivity contribution is 8.13. The summed E-state index contributed by atoms with van der Waals surface area (Å²) in [5.41, 5.74) is 3.86. The highest BCUT2D eigenvalue weighted by Crippen LogP contribution is 2.35. The molecule has 0 aliphatic carbocycles. The van der Waals surface area contributed by atoms with Crippen LogP contribution in [0.25, 0.3) is 5.65 Å². The fourth-order valence-corrected chi connectivity index (χ4v) is 3.76. The van der Waals surface area contributed by atoms with Crippen molar-refractivity contribution in [2.45, 2.75) is 11.9 Å². The number of halogens is 5. The van der Waals surface area contributed by atoms with Crippen molar-refractivity contribution in [1.82, 2.24) is 9.38 Å². The van der Waals surface area contributed by atoms with Crippen LogP contribution in [0.1, 0.15) is 21.7 Å². The van der Waals surface area contributed by atoms with Crippen LogP contribution in [-0.2, 0) is 11.9 Å².